The molecule has 0 heterocycles. The number of ether oxygens (including phenoxy) is 4. The van der Waals surface area contributed by atoms with Gasteiger partial charge in [0.15, 0.2) is 0 Å². The van der Waals surface area contributed by atoms with Crippen molar-refractivity contribution in [2.24, 2.45) is 0 Å². The van der Waals surface area contributed by atoms with Crippen LogP contribution >= 0.6 is 0 Å². The number of amides is 1. The fourth-order valence-electron chi connectivity index (χ4n) is 2.14. The predicted octanol–water partition coefficient (Wildman–Crippen LogP) is 0.190. The van der Waals surface area contributed by atoms with E-state index in [0.29, 0.717) is 57.5 Å². The molecule has 5 N–H and O–H groups in total. The Morgan fingerprint density at radius 1 is 0.933 bits per heavy atom. The molecule has 0 aliphatic heterocycles. The molecule has 11 nitrogen and oxygen atoms in total. The van der Waals surface area contributed by atoms with Crippen LogP contribution in [0.4, 0.5) is 10.5 Å². The quantitative estimate of drug-likeness (QED) is 0.192. The number of rotatable bonds is 17. The normalized spacial score (nSPS) is 11.5. The lowest BCUT2D eigenvalue weighted by Gasteiger charge is -2.09. The first-order valence-electron chi connectivity index (χ1n) is 9.46. The summed E-state index contributed by atoms with van der Waals surface area (Å²) in [4.78, 5) is 10.4. The molecule has 1 aromatic carbocycles. The molecule has 30 heavy (non-hydrogen) atoms. The number of carboxylic acid groups (broad SMARTS) is 1. The van der Waals surface area contributed by atoms with Gasteiger partial charge in [-0.2, -0.15) is 0 Å². The molecule has 0 bridgehead atoms. The van der Waals surface area contributed by atoms with Gasteiger partial charge in [0.25, 0.3) is 0 Å². The molecule has 0 radical (unpaired) electrons. The van der Waals surface area contributed by atoms with Gasteiger partial charge in [-0.1, -0.05) is 0 Å². The number of nitrogen functional groups attached to an aromatic ring is 1. The highest BCUT2D eigenvalue weighted by atomic mass is 32.2. The van der Waals surface area contributed by atoms with E-state index in [-0.39, 0.29) is 24.6 Å². The van der Waals surface area contributed by atoms with E-state index in [2.05, 4.69) is 10.0 Å². The number of aryl methyl sites for hydroxylation is 1. The number of nitrogens with one attached hydrogen (secondary N) is 2. The van der Waals surface area contributed by atoms with Gasteiger partial charge < -0.3 is 35.1 Å². The van der Waals surface area contributed by atoms with Crippen molar-refractivity contribution in [3.05, 3.63) is 23.8 Å². The Labute approximate surface area is 176 Å². The summed E-state index contributed by atoms with van der Waals surface area (Å²) in [5, 5.41) is 10.6. The van der Waals surface area contributed by atoms with E-state index in [0.717, 1.165) is 0 Å². The Morgan fingerprint density at radius 2 is 1.43 bits per heavy atom. The predicted molar refractivity (Wildman–Crippen MR) is 110 cm³/mol. The molecule has 0 spiro atoms. The summed E-state index contributed by atoms with van der Waals surface area (Å²) in [5.74, 6) is 0. The average Bonchev–Trinajstić information content (AvgIpc) is 2.69. The first-order chi connectivity index (χ1) is 14.3. The SMILES string of the molecule is Cc1cc(S(=O)(=O)NCCOCCOCCOCCOCCNC(=O)O)ccc1N. The van der Waals surface area contributed by atoms with Crippen LogP contribution in [0.25, 0.3) is 0 Å². The Hall–Kier alpha value is -1.96. The first-order valence-corrected chi connectivity index (χ1v) is 10.9. The molecule has 0 unspecified atom stereocenters. The molecule has 0 aliphatic carbocycles. The smallest absolute Gasteiger partial charge is 0.404 e. The number of anilines is 1. The second kappa shape index (κ2) is 14.9. The molecule has 0 saturated carbocycles. The Morgan fingerprint density at radius 3 is 1.93 bits per heavy atom. The molecular formula is C18H31N3O8S. The second-order valence-electron chi connectivity index (χ2n) is 6.10. The highest BCUT2D eigenvalue weighted by Crippen LogP contribution is 2.16. The Balaban J connectivity index is 1.93. The van der Waals surface area contributed by atoms with Crippen LogP contribution in [-0.4, -0.2) is 85.6 Å². The number of carbonyl (C=O) groups is 1. The van der Waals surface area contributed by atoms with E-state index < -0.39 is 16.1 Å². The molecule has 1 amide bonds. The summed E-state index contributed by atoms with van der Waals surface area (Å²) in [7, 11) is -3.59. The number of hydrogen-bond donors (Lipinski definition) is 4. The van der Waals surface area contributed by atoms with E-state index in [9.17, 15) is 13.2 Å². The minimum atomic E-state index is -3.59. The monoisotopic (exact) mass is 449 g/mol. The largest absolute Gasteiger partial charge is 0.465 e. The average molecular weight is 450 g/mol. The molecule has 0 aliphatic rings. The van der Waals surface area contributed by atoms with Gasteiger partial charge >= 0.3 is 6.09 Å². The number of nitrogens with two attached hydrogens (primary N) is 1. The molecule has 172 valence electrons. The maximum absolute atomic E-state index is 12.2. The third kappa shape index (κ3) is 11.9. The highest BCUT2D eigenvalue weighted by molar-refractivity contribution is 7.89. The van der Waals surface area contributed by atoms with Gasteiger partial charge in [0.05, 0.1) is 57.8 Å². The lowest BCUT2D eigenvalue weighted by molar-refractivity contribution is -0.000752. The standard InChI is InChI=1S/C18H31N3O8S/c1-15-14-16(2-3-17(15)19)30(24,25)21-5-7-27-9-11-29-13-12-28-10-8-26-6-4-20-18(22)23/h2-3,14,20-21H,4-13,19H2,1H3,(H,22,23). The van der Waals surface area contributed by atoms with E-state index in [4.69, 9.17) is 29.8 Å². The van der Waals surface area contributed by atoms with Crippen molar-refractivity contribution < 1.29 is 37.3 Å². The lowest BCUT2D eigenvalue weighted by Crippen LogP contribution is -2.28. The Bertz CT molecular complexity index is 730. The summed E-state index contributed by atoms with van der Waals surface area (Å²) in [6.45, 7) is 4.91. The fraction of sp³-hybridized carbons (Fsp3) is 0.611. The summed E-state index contributed by atoms with van der Waals surface area (Å²) >= 11 is 0. The van der Waals surface area contributed by atoms with Crippen LogP contribution < -0.4 is 15.8 Å². The van der Waals surface area contributed by atoms with Crippen LogP contribution in [-0.2, 0) is 29.0 Å². The fourth-order valence-corrected chi connectivity index (χ4v) is 3.24. The minimum Gasteiger partial charge on any atom is -0.465 e. The van der Waals surface area contributed by atoms with Crippen molar-refractivity contribution in [3.63, 3.8) is 0 Å². The lowest BCUT2D eigenvalue weighted by atomic mass is 10.2. The zero-order valence-electron chi connectivity index (χ0n) is 17.1. The number of sulfonamides is 1. The minimum absolute atomic E-state index is 0.150. The zero-order valence-corrected chi connectivity index (χ0v) is 17.9. The van der Waals surface area contributed by atoms with Crippen LogP contribution in [0, 0.1) is 6.92 Å². The molecule has 0 fully saturated rings. The third-order valence-electron chi connectivity index (χ3n) is 3.73. The first kappa shape index (κ1) is 26.1. The van der Waals surface area contributed by atoms with Gasteiger partial charge in [-0.15, -0.1) is 0 Å². The van der Waals surface area contributed by atoms with Crippen molar-refractivity contribution in [3.8, 4) is 0 Å². The van der Waals surface area contributed by atoms with E-state index in [1.807, 2.05) is 0 Å². The third-order valence-corrected chi connectivity index (χ3v) is 5.19. The second-order valence-corrected chi connectivity index (χ2v) is 7.86. The molecule has 0 aromatic heterocycles. The van der Waals surface area contributed by atoms with Gasteiger partial charge in [0, 0.05) is 18.8 Å². The van der Waals surface area contributed by atoms with Crippen LogP contribution in [0.3, 0.4) is 0 Å². The molecule has 0 atom stereocenters. The van der Waals surface area contributed by atoms with Gasteiger partial charge in [-0.3, -0.25) is 0 Å². The topological polar surface area (TPSA) is 158 Å². The summed E-state index contributed by atoms with van der Waals surface area (Å²) in [6, 6.07) is 4.55. The molecular weight excluding hydrogens is 418 g/mol. The van der Waals surface area contributed by atoms with Crippen molar-refractivity contribution in [1.82, 2.24) is 10.0 Å². The summed E-state index contributed by atoms with van der Waals surface area (Å²) < 4.78 is 47.9. The van der Waals surface area contributed by atoms with Crippen molar-refractivity contribution in [1.29, 1.82) is 0 Å². The maximum atomic E-state index is 12.2. The highest BCUT2D eigenvalue weighted by Gasteiger charge is 2.13. The van der Waals surface area contributed by atoms with E-state index in [1.165, 1.54) is 12.1 Å². The molecule has 1 rings (SSSR count). The summed E-state index contributed by atoms with van der Waals surface area (Å²) in [6.07, 6.45) is -1.08. The van der Waals surface area contributed by atoms with Crippen LogP contribution in [0.2, 0.25) is 0 Å². The van der Waals surface area contributed by atoms with Crippen molar-refractivity contribution in [2.45, 2.75) is 11.8 Å². The van der Waals surface area contributed by atoms with E-state index in [1.54, 1.807) is 13.0 Å². The molecule has 12 heteroatoms. The number of hydrogen-bond acceptors (Lipinski definition) is 8. The van der Waals surface area contributed by atoms with Crippen LogP contribution in [0.5, 0.6) is 0 Å². The van der Waals surface area contributed by atoms with Crippen molar-refractivity contribution >= 4 is 21.8 Å². The van der Waals surface area contributed by atoms with Gasteiger partial charge in [-0.05, 0) is 30.7 Å². The summed E-state index contributed by atoms with van der Waals surface area (Å²) in [5.41, 5.74) is 6.94. The van der Waals surface area contributed by atoms with Gasteiger partial charge in [0.2, 0.25) is 10.0 Å². The van der Waals surface area contributed by atoms with Crippen LogP contribution in [0.15, 0.2) is 23.1 Å². The molecule has 0 saturated heterocycles. The van der Waals surface area contributed by atoms with E-state index >= 15 is 0 Å². The maximum Gasteiger partial charge on any atom is 0.404 e. The van der Waals surface area contributed by atoms with Crippen molar-refractivity contribution in [2.75, 3.05) is 71.7 Å². The van der Waals surface area contributed by atoms with Crippen LogP contribution in [0.1, 0.15) is 5.56 Å². The molecule has 1 aromatic rings. The van der Waals surface area contributed by atoms with Gasteiger partial charge in [0.1, 0.15) is 0 Å². The van der Waals surface area contributed by atoms with Gasteiger partial charge in [-0.25, -0.2) is 17.9 Å². The number of benzene rings is 1. The zero-order chi connectivity index (χ0) is 22.2. The Kier molecular flexibility index (Phi) is 13.0.